The van der Waals surface area contributed by atoms with Crippen molar-refractivity contribution in [2.75, 3.05) is 71.8 Å². The number of alkyl halides is 6. The zero-order valence-electron chi connectivity index (χ0n) is 44.7. The topological polar surface area (TPSA) is 293 Å². The Morgan fingerprint density at radius 1 is 0.561 bits per heavy atom. The van der Waals surface area contributed by atoms with Gasteiger partial charge in [0.1, 0.15) is 44.0 Å². The van der Waals surface area contributed by atoms with Gasteiger partial charge >= 0.3 is 18.3 Å². The van der Waals surface area contributed by atoms with Crippen LogP contribution in [-0.4, -0.2) is 136 Å². The second-order valence-electron chi connectivity index (χ2n) is 17.2. The van der Waals surface area contributed by atoms with Crippen LogP contribution in [0.5, 0.6) is 34.8 Å². The Morgan fingerprint density at radius 2 is 0.951 bits per heavy atom. The predicted molar refractivity (Wildman–Crippen MR) is 282 cm³/mol. The Labute approximate surface area is 462 Å². The number of amides is 1. The van der Waals surface area contributed by atoms with Gasteiger partial charge in [-0.05, 0) is 38.1 Å². The summed E-state index contributed by atoms with van der Waals surface area (Å²) >= 11 is 0. The number of carbonyl (C=O) groups excluding carboxylic acids is 1. The number of aryl methyl sites for hydroxylation is 2. The lowest BCUT2D eigenvalue weighted by molar-refractivity contribution is -0.142. The van der Waals surface area contributed by atoms with Crippen molar-refractivity contribution in [1.29, 1.82) is 0 Å². The molecule has 0 saturated carbocycles. The summed E-state index contributed by atoms with van der Waals surface area (Å²) < 4.78 is 137. The number of sulfone groups is 1. The molecule has 6 aromatic heterocycles. The highest BCUT2D eigenvalue weighted by Gasteiger charge is 2.36. The van der Waals surface area contributed by atoms with Crippen LogP contribution in [0.4, 0.5) is 49.6 Å². The fraction of sp³-hybridized carbons (Fsp3) is 0.255. The van der Waals surface area contributed by atoms with Crippen LogP contribution in [0, 0.1) is 13.8 Å². The van der Waals surface area contributed by atoms with Gasteiger partial charge in [-0.25, -0.2) is 42.5 Å². The Kier molecular flexibility index (Phi) is 18.0. The molecule has 0 spiro atoms. The second-order valence-corrected chi connectivity index (χ2v) is 19.5. The number of carboxylic acids is 1. The van der Waals surface area contributed by atoms with E-state index in [-0.39, 0.29) is 92.4 Å². The van der Waals surface area contributed by atoms with Crippen molar-refractivity contribution in [3.63, 3.8) is 0 Å². The summed E-state index contributed by atoms with van der Waals surface area (Å²) in [4.78, 5) is 50.4. The molecule has 24 nitrogen and oxygen atoms in total. The van der Waals surface area contributed by atoms with Gasteiger partial charge in [-0.1, -0.05) is 0 Å². The summed E-state index contributed by atoms with van der Waals surface area (Å²) in [5.41, 5.74) is -0.551. The van der Waals surface area contributed by atoms with Gasteiger partial charge in [0.25, 0.3) is 5.91 Å². The van der Waals surface area contributed by atoms with Crippen molar-refractivity contribution in [2.24, 2.45) is 0 Å². The molecule has 0 saturated heterocycles. The van der Waals surface area contributed by atoms with E-state index in [1.54, 1.807) is 36.4 Å². The Morgan fingerprint density at radius 3 is 1.29 bits per heavy atom. The van der Waals surface area contributed by atoms with Crippen LogP contribution in [0.3, 0.4) is 0 Å². The second kappa shape index (κ2) is 24.7. The number of rotatable bonds is 19. The molecule has 82 heavy (non-hydrogen) atoms. The molecule has 0 aliphatic carbocycles. The number of hydrogen-bond donors (Lipinski definition) is 4. The summed E-state index contributed by atoms with van der Waals surface area (Å²) in [7, 11) is 5.14. The third-order valence-corrected chi connectivity index (χ3v) is 12.4. The Balaban J connectivity index is 0.000000239. The van der Waals surface area contributed by atoms with Crippen molar-refractivity contribution in [1.82, 2.24) is 54.8 Å². The average Bonchev–Trinajstić information content (AvgIpc) is 4.26. The van der Waals surface area contributed by atoms with E-state index in [0.29, 0.717) is 34.4 Å². The van der Waals surface area contributed by atoms with E-state index in [2.05, 4.69) is 56.1 Å². The Hall–Kier alpha value is -9.81. The summed E-state index contributed by atoms with van der Waals surface area (Å²) in [5, 5.41) is 25.5. The highest BCUT2D eigenvalue weighted by atomic mass is 32.2. The maximum Gasteiger partial charge on any atom is 0.435 e. The molecule has 0 radical (unpaired) electrons. The molecule has 0 aliphatic heterocycles. The first kappa shape index (κ1) is 59.8. The first-order valence-corrected chi connectivity index (χ1v) is 25.6. The molecule has 4 N–H and O–H groups in total. The van der Waals surface area contributed by atoms with Crippen LogP contribution in [0.25, 0.3) is 33.9 Å². The number of methoxy groups -OCH3 is 6. The van der Waals surface area contributed by atoms with Crippen LogP contribution < -0.4 is 44.4 Å². The molecule has 432 valence electrons. The number of pyridine rings is 2. The molecule has 8 rings (SSSR count). The molecule has 8 aromatic rings. The number of carboxylic acid groups (broad SMARTS) is 1. The molecule has 0 fully saturated rings. The van der Waals surface area contributed by atoms with E-state index >= 15 is 0 Å². The smallest absolute Gasteiger partial charge is 0.435 e. The zero-order valence-corrected chi connectivity index (χ0v) is 45.5. The summed E-state index contributed by atoms with van der Waals surface area (Å²) in [5.74, 6) is -0.670. The van der Waals surface area contributed by atoms with Gasteiger partial charge < -0.3 is 49.5 Å². The first-order chi connectivity index (χ1) is 38.7. The number of nitrogens with zero attached hydrogens (tertiary/aromatic N) is 10. The highest BCUT2D eigenvalue weighted by molar-refractivity contribution is 7.90. The van der Waals surface area contributed by atoms with Crippen LogP contribution in [0.2, 0.25) is 0 Å². The van der Waals surface area contributed by atoms with E-state index < -0.39 is 45.5 Å². The van der Waals surface area contributed by atoms with Crippen LogP contribution >= 0.6 is 0 Å². The molecule has 31 heteroatoms. The quantitative estimate of drug-likeness (QED) is 0.0556. The number of aromatic carboxylic acids is 1. The van der Waals surface area contributed by atoms with Gasteiger partial charge in [0.05, 0.1) is 48.4 Å². The molecule has 0 aliphatic rings. The summed E-state index contributed by atoms with van der Waals surface area (Å²) in [6.45, 7) is 2.70. The minimum Gasteiger partial charge on any atom is -0.497 e. The summed E-state index contributed by atoms with van der Waals surface area (Å²) in [6.07, 6.45) is -3.08. The lowest BCUT2D eigenvalue weighted by Crippen LogP contribution is -2.29. The third kappa shape index (κ3) is 14.3. The van der Waals surface area contributed by atoms with E-state index in [1.807, 2.05) is 0 Å². The van der Waals surface area contributed by atoms with Crippen molar-refractivity contribution >= 4 is 45.0 Å². The predicted octanol–water partition coefficient (Wildman–Crippen LogP) is 8.11. The molecular weight excluding hydrogens is 1120 g/mol. The van der Waals surface area contributed by atoms with Gasteiger partial charge in [-0.3, -0.25) is 4.79 Å². The monoisotopic (exact) mass is 1170 g/mol. The number of ether oxygens (including phenoxy) is 6. The maximum atomic E-state index is 13.6. The SMILES string of the molecule is COc1cc(Nc2ncc(-c3cnc(OC)c(C(=O)NCCS(C)(=O)=O)c3)c(-n3nc(C(F)(F)F)cc3C)n2)cc(OC)c1.COc1cc(Nc2ncc(-c3cnc(OC)c(C(=O)O)c3)c(-n3nc(C(F)(F)F)cc3C)n2)cc(OC)c1. The van der Waals surface area contributed by atoms with E-state index in [1.165, 1.54) is 93.4 Å². The number of benzene rings is 2. The van der Waals surface area contributed by atoms with E-state index in [4.69, 9.17) is 28.4 Å². The maximum absolute atomic E-state index is 13.6. The summed E-state index contributed by atoms with van der Waals surface area (Å²) in [6, 6.07) is 14.3. The first-order valence-electron chi connectivity index (χ1n) is 23.6. The molecule has 6 heterocycles. The van der Waals surface area contributed by atoms with Crippen molar-refractivity contribution < 1.29 is 77.9 Å². The minimum absolute atomic E-state index is 0.00253. The number of anilines is 4. The standard InChI is InChI=1S/C27H28F3N7O6S.C24H21F3N6O5/c1-15-8-22(27(28,29)30)36-37(15)23-21(14-33-26(35-23)34-17-10-18(41-2)12-19(11-17)42-3)16-9-20(25(43-4)32-13-16)24(38)31-6-7-44(5,39)40;1-12-5-19(24(25,26)27)32-33(12)20-18(13-6-17(22(34)35)21(38-4)28-10-13)11-29-23(31-20)30-14-7-15(36-2)9-16(8-14)37-3/h8-14H,6-7H2,1-5H3,(H,31,38)(H,33,34,35);5-11H,1-4H3,(H,34,35)(H,29,30,31). The van der Waals surface area contributed by atoms with Crippen LogP contribution in [0.1, 0.15) is 43.5 Å². The molecule has 0 bridgehead atoms. The lowest BCUT2D eigenvalue weighted by atomic mass is 10.1. The van der Waals surface area contributed by atoms with Gasteiger partial charge in [0.2, 0.25) is 23.7 Å². The molecule has 0 atom stereocenters. The molecule has 0 unspecified atom stereocenters. The fourth-order valence-corrected chi connectivity index (χ4v) is 8.03. The molecule has 1 amide bonds. The van der Waals surface area contributed by atoms with Gasteiger partial charge in [-0.2, -0.15) is 46.5 Å². The fourth-order valence-electron chi connectivity index (χ4n) is 7.55. The third-order valence-electron chi connectivity index (χ3n) is 11.5. The Bertz CT molecular complexity index is 3740. The number of halogens is 6. The number of nitrogens with one attached hydrogen (secondary N) is 3. The largest absolute Gasteiger partial charge is 0.497 e. The number of hydrogen-bond acceptors (Lipinski definition) is 20. The van der Waals surface area contributed by atoms with Gasteiger partial charge in [-0.15, -0.1) is 0 Å². The van der Waals surface area contributed by atoms with Crippen LogP contribution in [0.15, 0.2) is 85.5 Å². The molecular formula is C51H49F6N13O11S. The zero-order chi connectivity index (χ0) is 59.8. The van der Waals surface area contributed by atoms with Crippen molar-refractivity contribution in [3.8, 4) is 68.6 Å². The number of aromatic nitrogens is 10. The molecule has 2 aromatic carbocycles. The number of carbonyl (C=O) groups is 2. The highest BCUT2D eigenvalue weighted by Crippen LogP contribution is 2.37. The normalized spacial score (nSPS) is 11.5. The van der Waals surface area contributed by atoms with E-state index in [9.17, 15) is 49.5 Å². The van der Waals surface area contributed by atoms with Crippen molar-refractivity contribution in [2.45, 2.75) is 26.2 Å². The van der Waals surface area contributed by atoms with Crippen molar-refractivity contribution in [3.05, 3.63) is 119 Å². The van der Waals surface area contributed by atoms with Crippen LogP contribution in [-0.2, 0) is 22.2 Å². The van der Waals surface area contributed by atoms with E-state index in [0.717, 1.165) is 27.8 Å². The van der Waals surface area contributed by atoms with Gasteiger partial charge in [0.15, 0.2) is 23.0 Å². The lowest BCUT2D eigenvalue weighted by Gasteiger charge is -2.15. The van der Waals surface area contributed by atoms with Gasteiger partial charge in [0, 0.05) is 119 Å². The average molecular weight is 1170 g/mol. The minimum atomic E-state index is -4.72.